The summed E-state index contributed by atoms with van der Waals surface area (Å²) in [6.07, 6.45) is 1.71. The number of methoxy groups -OCH3 is 1. The maximum absolute atomic E-state index is 8.98. The fourth-order valence-electron chi connectivity index (χ4n) is 1.33. The number of ether oxygens (including phenoxy) is 1. The molecule has 0 spiro atoms. The van der Waals surface area contributed by atoms with Gasteiger partial charge < -0.3 is 15.6 Å². The van der Waals surface area contributed by atoms with Crippen molar-refractivity contribution >= 4 is 0 Å². The molecule has 2 unspecified atom stereocenters. The van der Waals surface area contributed by atoms with Crippen LogP contribution in [0, 0.1) is 0 Å². The maximum atomic E-state index is 8.98. The van der Waals surface area contributed by atoms with Gasteiger partial charge in [-0.05, 0) is 12.1 Å². The first-order chi connectivity index (χ1) is 6.79. The molecular weight excluding hydrogens is 180 g/mol. The molecule has 1 heterocycles. The Morgan fingerprint density at radius 1 is 1.57 bits per heavy atom. The molecule has 0 bridgehead atoms. The van der Waals surface area contributed by atoms with Crippen molar-refractivity contribution in [3.05, 3.63) is 30.1 Å². The molecule has 1 rings (SSSR count). The smallest absolute Gasteiger partial charge is 0.0590 e. The van der Waals surface area contributed by atoms with Crippen molar-refractivity contribution in [3.8, 4) is 0 Å². The molecule has 1 aromatic rings. The Bertz CT molecular complexity index is 254. The summed E-state index contributed by atoms with van der Waals surface area (Å²) in [5.41, 5.74) is 6.62. The van der Waals surface area contributed by atoms with Crippen LogP contribution in [0.25, 0.3) is 0 Å². The molecule has 2 atom stereocenters. The van der Waals surface area contributed by atoms with E-state index < -0.39 is 0 Å². The van der Waals surface area contributed by atoms with Crippen LogP contribution in [0.3, 0.4) is 0 Å². The number of hydrogen-bond acceptors (Lipinski definition) is 4. The molecule has 4 nitrogen and oxygen atoms in total. The number of nitrogens with zero attached hydrogens (tertiary/aromatic N) is 1. The molecule has 0 aromatic carbocycles. The predicted molar refractivity (Wildman–Crippen MR) is 53.9 cm³/mol. The molecular formula is C10H16N2O2. The van der Waals surface area contributed by atoms with Gasteiger partial charge in [0.25, 0.3) is 0 Å². The highest BCUT2D eigenvalue weighted by atomic mass is 16.5. The van der Waals surface area contributed by atoms with Crippen LogP contribution in [0.15, 0.2) is 24.4 Å². The number of hydrogen-bond donors (Lipinski definition) is 2. The third-order valence-corrected chi connectivity index (χ3v) is 2.14. The summed E-state index contributed by atoms with van der Waals surface area (Å²) in [5, 5.41) is 8.98. The lowest BCUT2D eigenvalue weighted by molar-refractivity contribution is 0.149. The number of nitrogens with two attached hydrogens (primary N) is 1. The van der Waals surface area contributed by atoms with E-state index in [1.54, 1.807) is 13.3 Å². The zero-order valence-corrected chi connectivity index (χ0v) is 8.26. The third-order valence-electron chi connectivity index (χ3n) is 2.14. The summed E-state index contributed by atoms with van der Waals surface area (Å²) >= 11 is 0. The van der Waals surface area contributed by atoms with E-state index in [0.717, 1.165) is 5.69 Å². The molecule has 0 aliphatic rings. The van der Waals surface area contributed by atoms with Gasteiger partial charge in [0.05, 0.1) is 13.2 Å². The predicted octanol–water partition coefficient (Wildman–Crippen LogP) is 0.131. The maximum Gasteiger partial charge on any atom is 0.0590 e. The Labute approximate surface area is 83.7 Å². The molecule has 0 saturated heterocycles. The lowest BCUT2D eigenvalue weighted by Gasteiger charge is -2.20. The molecule has 0 aliphatic carbocycles. The minimum atomic E-state index is -0.329. The van der Waals surface area contributed by atoms with Crippen LogP contribution in [-0.4, -0.2) is 36.5 Å². The van der Waals surface area contributed by atoms with Crippen molar-refractivity contribution < 1.29 is 9.84 Å². The van der Waals surface area contributed by atoms with Crippen LogP contribution in [0.5, 0.6) is 0 Å². The van der Waals surface area contributed by atoms with Crippen molar-refractivity contribution in [3.63, 3.8) is 0 Å². The van der Waals surface area contributed by atoms with E-state index in [-0.39, 0.29) is 18.6 Å². The first kappa shape index (κ1) is 11.1. The van der Waals surface area contributed by atoms with Gasteiger partial charge in [0.1, 0.15) is 0 Å². The Kier molecular flexibility index (Phi) is 4.52. The van der Waals surface area contributed by atoms with Gasteiger partial charge in [0, 0.05) is 31.0 Å². The van der Waals surface area contributed by atoms with Gasteiger partial charge in [-0.2, -0.15) is 0 Å². The average molecular weight is 196 g/mol. The van der Waals surface area contributed by atoms with Crippen molar-refractivity contribution in [2.45, 2.75) is 12.0 Å². The fraction of sp³-hybridized carbons (Fsp3) is 0.500. The summed E-state index contributed by atoms with van der Waals surface area (Å²) < 4.78 is 5.05. The summed E-state index contributed by atoms with van der Waals surface area (Å²) in [6, 6.07) is 5.30. The van der Waals surface area contributed by atoms with Crippen LogP contribution in [0.1, 0.15) is 11.6 Å². The van der Waals surface area contributed by atoms with E-state index in [1.807, 2.05) is 18.2 Å². The van der Waals surface area contributed by atoms with Crippen LogP contribution >= 0.6 is 0 Å². The van der Waals surface area contributed by atoms with Gasteiger partial charge in [-0.25, -0.2) is 0 Å². The van der Waals surface area contributed by atoms with Gasteiger partial charge in [-0.3, -0.25) is 4.98 Å². The van der Waals surface area contributed by atoms with Crippen molar-refractivity contribution in [1.29, 1.82) is 0 Å². The highest BCUT2D eigenvalue weighted by Crippen LogP contribution is 2.16. The molecule has 78 valence electrons. The Balaban J connectivity index is 2.77. The molecule has 0 aliphatic heterocycles. The molecule has 4 heteroatoms. The first-order valence-electron chi connectivity index (χ1n) is 4.56. The van der Waals surface area contributed by atoms with Crippen LogP contribution < -0.4 is 5.73 Å². The normalized spacial score (nSPS) is 15.1. The lowest BCUT2D eigenvalue weighted by atomic mass is 9.98. The monoisotopic (exact) mass is 196 g/mol. The van der Waals surface area contributed by atoms with E-state index in [1.165, 1.54) is 0 Å². The highest BCUT2D eigenvalue weighted by molar-refractivity contribution is 5.12. The van der Waals surface area contributed by atoms with Crippen LogP contribution in [-0.2, 0) is 4.74 Å². The van der Waals surface area contributed by atoms with E-state index >= 15 is 0 Å². The molecule has 14 heavy (non-hydrogen) atoms. The topological polar surface area (TPSA) is 68.4 Å². The third kappa shape index (κ3) is 2.77. The Morgan fingerprint density at radius 2 is 2.36 bits per heavy atom. The van der Waals surface area contributed by atoms with Crippen molar-refractivity contribution in [2.75, 3.05) is 20.3 Å². The van der Waals surface area contributed by atoms with Crippen molar-refractivity contribution in [1.82, 2.24) is 4.98 Å². The Hall–Kier alpha value is -0.970. The highest BCUT2D eigenvalue weighted by Gasteiger charge is 2.19. The van der Waals surface area contributed by atoms with Gasteiger partial charge in [0.15, 0.2) is 0 Å². The van der Waals surface area contributed by atoms with Gasteiger partial charge in [0.2, 0.25) is 0 Å². The second kappa shape index (κ2) is 5.70. The van der Waals surface area contributed by atoms with Crippen LogP contribution in [0.2, 0.25) is 0 Å². The van der Waals surface area contributed by atoms with Crippen LogP contribution in [0.4, 0.5) is 0 Å². The fourth-order valence-corrected chi connectivity index (χ4v) is 1.33. The number of aliphatic hydroxyl groups excluding tert-OH is 1. The first-order valence-corrected chi connectivity index (χ1v) is 4.56. The minimum absolute atomic E-state index is 0.0498. The molecule has 0 fully saturated rings. The number of aromatic nitrogens is 1. The van der Waals surface area contributed by atoms with E-state index in [4.69, 9.17) is 15.6 Å². The van der Waals surface area contributed by atoms with Gasteiger partial charge in [-0.1, -0.05) is 6.07 Å². The van der Waals surface area contributed by atoms with E-state index in [0.29, 0.717) is 6.61 Å². The number of aliphatic hydroxyl groups is 1. The zero-order valence-electron chi connectivity index (χ0n) is 8.26. The minimum Gasteiger partial charge on any atom is -0.395 e. The molecule has 3 N–H and O–H groups in total. The van der Waals surface area contributed by atoms with Gasteiger partial charge >= 0.3 is 0 Å². The summed E-state index contributed by atoms with van der Waals surface area (Å²) in [5.74, 6) is -0.0498. The summed E-state index contributed by atoms with van der Waals surface area (Å²) in [4.78, 5) is 4.20. The van der Waals surface area contributed by atoms with E-state index in [2.05, 4.69) is 4.98 Å². The molecule has 0 radical (unpaired) electrons. The SMILES string of the molecule is COCC(c1ccccn1)C(N)CO. The molecule has 0 amide bonds. The largest absolute Gasteiger partial charge is 0.395 e. The van der Waals surface area contributed by atoms with Crippen molar-refractivity contribution in [2.24, 2.45) is 5.73 Å². The summed E-state index contributed by atoms with van der Waals surface area (Å²) in [7, 11) is 1.61. The lowest BCUT2D eigenvalue weighted by Crippen LogP contribution is -2.35. The number of pyridine rings is 1. The quantitative estimate of drug-likeness (QED) is 0.702. The second-order valence-corrected chi connectivity index (χ2v) is 3.16. The standard InChI is InChI=1S/C10H16N2O2/c1-14-7-8(9(11)6-13)10-4-2-3-5-12-10/h2-5,8-9,13H,6-7,11H2,1H3. The summed E-state index contributed by atoms with van der Waals surface area (Å²) in [6.45, 7) is 0.406. The number of rotatable bonds is 5. The van der Waals surface area contributed by atoms with Gasteiger partial charge in [-0.15, -0.1) is 0 Å². The average Bonchev–Trinajstić information content (AvgIpc) is 2.26. The van der Waals surface area contributed by atoms with E-state index in [9.17, 15) is 0 Å². The Morgan fingerprint density at radius 3 is 2.86 bits per heavy atom. The molecule has 0 saturated carbocycles. The second-order valence-electron chi connectivity index (χ2n) is 3.16. The molecule has 1 aromatic heterocycles. The zero-order chi connectivity index (χ0) is 10.4.